The van der Waals surface area contributed by atoms with E-state index < -0.39 is 25.5 Å². The highest BCUT2D eigenvalue weighted by Crippen LogP contribution is 2.24. The third-order valence-corrected chi connectivity index (χ3v) is 4.85. The van der Waals surface area contributed by atoms with E-state index in [1.54, 1.807) is 12.1 Å². The smallest absolute Gasteiger partial charge is 0.258 e. The van der Waals surface area contributed by atoms with Crippen LogP contribution in [0.4, 0.5) is 5.69 Å². The Kier molecular flexibility index (Phi) is 5.02. The molecule has 0 aliphatic rings. The van der Waals surface area contributed by atoms with Crippen molar-refractivity contribution in [2.75, 3.05) is 0 Å². The monoisotopic (exact) mass is 360 g/mol. The summed E-state index contributed by atoms with van der Waals surface area (Å²) in [6.07, 6.45) is 0. The number of rotatable bonds is 5. The number of nitrogens with zero attached hydrogens (tertiary/aromatic N) is 1. The molecule has 0 aliphatic carbocycles. The van der Waals surface area contributed by atoms with Gasteiger partial charge in [0.05, 0.1) is 4.92 Å². The molecular weight excluding hydrogens is 351 g/mol. The molecule has 116 valence electrons. The lowest BCUT2D eigenvalue weighted by molar-refractivity contribution is -0.387. The van der Waals surface area contributed by atoms with Gasteiger partial charge >= 0.3 is 0 Å². The molecule has 0 radical (unpaired) electrons. The summed E-state index contributed by atoms with van der Waals surface area (Å²) in [6.45, 7) is -0.107. The third kappa shape index (κ3) is 3.75. The number of benzene rings is 2. The van der Waals surface area contributed by atoms with Gasteiger partial charge in [-0.1, -0.05) is 41.4 Å². The van der Waals surface area contributed by atoms with E-state index in [1.807, 2.05) is 0 Å². The van der Waals surface area contributed by atoms with Crippen molar-refractivity contribution in [2.45, 2.75) is 11.4 Å². The highest BCUT2D eigenvalue weighted by atomic mass is 35.5. The summed E-state index contributed by atoms with van der Waals surface area (Å²) in [6, 6.07) is 9.74. The molecule has 1 N–H and O–H groups in total. The van der Waals surface area contributed by atoms with E-state index in [4.69, 9.17) is 23.2 Å². The van der Waals surface area contributed by atoms with E-state index in [0.717, 1.165) is 6.07 Å². The fourth-order valence-electron chi connectivity index (χ4n) is 1.75. The zero-order chi connectivity index (χ0) is 16.3. The van der Waals surface area contributed by atoms with Crippen molar-refractivity contribution >= 4 is 38.9 Å². The van der Waals surface area contributed by atoms with E-state index in [-0.39, 0.29) is 6.54 Å². The van der Waals surface area contributed by atoms with E-state index in [2.05, 4.69) is 4.72 Å². The van der Waals surface area contributed by atoms with Crippen LogP contribution >= 0.6 is 23.2 Å². The molecule has 22 heavy (non-hydrogen) atoms. The van der Waals surface area contributed by atoms with E-state index in [9.17, 15) is 18.5 Å². The number of nitro groups is 1. The first-order valence-corrected chi connectivity index (χ1v) is 8.22. The summed E-state index contributed by atoms with van der Waals surface area (Å²) >= 11 is 11.7. The normalized spacial score (nSPS) is 11.4. The van der Waals surface area contributed by atoms with Gasteiger partial charge in [0.25, 0.3) is 5.69 Å². The van der Waals surface area contributed by atoms with Gasteiger partial charge in [0, 0.05) is 22.7 Å². The quantitative estimate of drug-likeness (QED) is 0.653. The van der Waals surface area contributed by atoms with Crippen molar-refractivity contribution < 1.29 is 13.3 Å². The number of hydrogen-bond donors (Lipinski definition) is 1. The van der Waals surface area contributed by atoms with Crippen LogP contribution in [0.5, 0.6) is 0 Å². The third-order valence-electron chi connectivity index (χ3n) is 2.82. The van der Waals surface area contributed by atoms with Gasteiger partial charge in [0.2, 0.25) is 10.0 Å². The standard InChI is InChI=1S/C13H10Cl2N2O4S/c14-10-6-5-9(11(15)7-10)8-16-22(20,21)13-4-2-1-3-12(13)17(18)19/h1-7,16H,8H2. The molecule has 0 fully saturated rings. The number of para-hydroxylation sites is 1. The van der Waals surface area contributed by atoms with Gasteiger partial charge in [-0.15, -0.1) is 0 Å². The summed E-state index contributed by atoms with van der Waals surface area (Å²) in [5.41, 5.74) is 0.0189. The van der Waals surface area contributed by atoms with Crippen LogP contribution in [0.1, 0.15) is 5.56 Å². The summed E-state index contributed by atoms with van der Waals surface area (Å²) in [4.78, 5) is 9.77. The van der Waals surface area contributed by atoms with Crippen LogP contribution < -0.4 is 4.72 Å². The Morgan fingerprint density at radius 1 is 1.14 bits per heavy atom. The Bertz CT molecular complexity index is 825. The fraction of sp³-hybridized carbons (Fsp3) is 0.0769. The molecule has 0 amide bonds. The molecular formula is C13H10Cl2N2O4S. The zero-order valence-electron chi connectivity index (χ0n) is 11.0. The van der Waals surface area contributed by atoms with Gasteiger partial charge in [0.15, 0.2) is 4.90 Å². The molecule has 0 bridgehead atoms. The zero-order valence-corrected chi connectivity index (χ0v) is 13.3. The highest BCUT2D eigenvalue weighted by molar-refractivity contribution is 7.89. The lowest BCUT2D eigenvalue weighted by Crippen LogP contribution is -2.24. The Balaban J connectivity index is 2.27. The molecule has 0 aromatic heterocycles. The van der Waals surface area contributed by atoms with Gasteiger partial charge in [-0.3, -0.25) is 10.1 Å². The van der Waals surface area contributed by atoms with Crippen molar-refractivity contribution in [3.63, 3.8) is 0 Å². The highest BCUT2D eigenvalue weighted by Gasteiger charge is 2.24. The maximum atomic E-state index is 12.2. The van der Waals surface area contributed by atoms with Crippen molar-refractivity contribution in [1.29, 1.82) is 0 Å². The Morgan fingerprint density at radius 2 is 1.82 bits per heavy atom. The van der Waals surface area contributed by atoms with E-state index >= 15 is 0 Å². The van der Waals surface area contributed by atoms with Crippen LogP contribution in [-0.4, -0.2) is 13.3 Å². The van der Waals surface area contributed by atoms with Crippen molar-refractivity contribution in [3.8, 4) is 0 Å². The Labute approximate surface area is 136 Å². The molecule has 0 saturated heterocycles. The van der Waals surface area contributed by atoms with Crippen LogP contribution in [0, 0.1) is 10.1 Å². The molecule has 0 saturated carbocycles. The number of sulfonamides is 1. The maximum absolute atomic E-state index is 12.2. The molecule has 0 heterocycles. The summed E-state index contributed by atoms with van der Waals surface area (Å²) in [5.74, 6) is 0. The average molecular weight is 361 g/mol. The number of hydrogen-bond acceptors (Lipinski definition) is 4. The second kappa shape index (κ2) is 6.62. The van der Waals surface area contributed by atoms with Crippen LogP contribution in [0.2, 0.25) is 10.0 Å². The lowest BCUT2D eigenvalue weighted by atomic mass is 10.2. The molecule has 2 aromatic carbocycles. The Morgan fingerprint density at radius 3 is 2.45 bits per heavy atom. The summed E-state index contributed by atoms with van der Waals surface area (Å²) in [7, 11) is -4.04. The molecule has 0 atom stereocenters. The summed E-state index contributed by atoms with van der Waals surface area (Å²) in [5, 5.41) is 11.6. The predicted octanol–water partition coefficient (Wildman–Crippen LogP) is 3.38. The minimum absolute atomic E-state index is 0.107. The first kappa shape index (κ1) is 16.7. The number of nitrogens with one attached hydrogen (secondary N) is 1. The molecule has 0 aliphatic heterocycles. The van der Waals surface area contributed by atoms with Crippen LogP contribution in [0.25, 0.3) is 0 Å². The van der Waals surface area contributed by atoms with Crippen molar-refractivity contribution in [2.24, 2.45) is 0 Å². The molecule has 0 spiro atoms. The summed E-state index contributed by atoms with van der Waals surface area (Å²) < 4.78 is 26.7. The average Bonchev–Trinajstić information content (AvgIpc) is 2.46. The van der Waals surface area contributed by atoms with E-state index in [1.165, 1.54) is 24.3 Å². The first-order valence-electron chi connectivity index (χ1n) is 5.98. The minimum atomic E-state index is -4.04. The second-order valence-electron chi connectivity index (χ2n) is 4.29. The predicted molar refractivity (Wildman–Crippen MR) is 83.6 cm³/mol. The van der Waals surface area contributed by atoms with Gasteiger partial charge < -0.3 is 0 Å². The van der Waals surface area contributed by atoms with Gasteiger partial charge in [-0.05, 0) is 23.8 Å². The molecule has 0 unspecified atom stereocenters. The van der Waals surface area contributed by atoms with Crippen molar-refractivity contribution in [3.05, 3.63) is 68.2 Å². The first-order chi connectivity index (χ1) is 10.3. The molecule has 2 rings (SSSR count). The van der Waals surface area contributed by atoms with E-state index in [0.29, 0.717) is 15.6 Å². The van der Waals surface area contributed by atoms with Gasteiger partial charge in [-0.2, -0.15) is 0 Å². The number of nitro benzene ring substituents is 1. The molecule has 2 aromatic rings. The SMILES string of the molecule is O=[N+]([O-])c1ccccc1S(=O)(=O)NCc1ccc(Cl)cc1Cl. The van der Waals surface area contributed by atoms with Crippen LogP contribution in [-0.2, 0) is 16.6 Å². The Hall–Kier alpha value is -1.67. The van der Waals surface area contributed by atoms with Gasteiger partial charge in [-0.25, -0.2) is 13.1 Å². The molecule has 9 heteroatoms. The van der Waals surface area contributed by atoms with Crippen LogP contribution in [0.15, 0.2) is 47.4 Å². The minimum Gasteiger partial charge on any atom is -0.258 e. The molecule has 6 nitrogen and oxygen atoms in total. The van der Waals surface area contributed by atoms with Gasteiger partial charge in [0.1, 0.15) is 0 Å². The number of halogens is 2. The van der Waals surface area contributed by atoms with Crippen molar-refractivity contribution in [1.82, 2.24) is 4.72 Å². The largest absolute Gasteiger partial charge is 0.289 e. The fourth-order valence-corrected chi connectivity index (χ4v) is 3.40. The lowest BCUT2D eigenvalue weighted by Gasteiger charge is -2.08. The maximum Gasteiger partial charge on any atom is 0.289 e. The second-order valence-corrected chi connectivity index (χ2v) is 6.86. The van der Waals surface area contributed by atoms with Crippen LogP contribution in [0.3, 0.4) is 0 Å². The topological polar surface area (TPSA) is 89.3 Å².